The Morgan fingerprint density at radius 1 is 1.14 bits per heavy atom. The van der Waals surface area contributed by atoms with Crippen molar-refractivity contribution < 1.29 is 9.32 Å². The van der Waals surface area contributed by atoms with Crippen molar-refractivity contribution in [3.05, 3.63) is 89.9 Å². The van der Waals surface area contributed by atoms with Crippen molar-refractivity contribution in [2.75, 3.05) is 5.73 Å². The molecule has 0 atom stereocenters. The number of nitrogens with zero attached hydrogens (tertiary/aromatic N) is 3. The molecule has 2 heterocycles. The number of anilines is 1. The van der Waals surface area contributed by atoms with Crippen molar-refractivity contribution in [2.45, 2.75) is 19.9 Å². The van der Waals surface area contributed by atoms with Crippen LogP contribution >= 0.6 is 0 Å². The molecule has 0 radical (unpaired) electrons. The molecule has 0 spiro atoms. The van der Waals surface area contributed by atoms with Crippen LogP contribution in [0, 0.1) is 0 Å². The lowest BCUT2D eigenvalue weighted by molar-refractivity contribution is -0.116. The van der Waals surface area contributed by atoms with Crippen LogP contribution in [0.2, 0.25) is 0 Å². The third kappa shape index (κ3) is 4.94. The van der Waals surface area contributed by atoms with Crippen molar-refractivity contribution in [3.63, 3.8) is 0 Å². The van der Waals surface area contributed by atoms with Gasteiger partial charge in [0.1, 0.15) is 5.82 Å². The van der Waals surface area contributed by atoms with Crippen molar-refractivity contribution in [3.8, 4) is 11.3 Å². The molecule has 0 unspecified atom stereocenters. The molecule has 0 aliphatic rings. The number of pyridine rings is 1. The number of allylic oxidation sites excluding steroid dienone is 3. The summed E-state index contributed by atoms with van der Waals surface area (Å²) in [5.41, 5.74) is 9.58. The van der Waals surface area contributed by atoms with E-state index in [1.807, 2.05) is 67.6 Å². The monoisotopic (exact) mass is 374 g/mol. The molecule has 2 aromatic heterocycles. The minimum atomic E-state index is 0.415. The SMILES string of the molecule is C/C=C\C=C/N(C=O)Cc1ccc(Cc2cc(-c3cccnc3N)on2)cc1. The maximum Gasteiger partial charge on any atom is 0.213 e. The number of rotatable bonds is 8. The van der Waals surface area contributed by atoms with E-state index in [-0.39, 0.29) is 0 Å². The minimum absolute atomic E-state index is 0.415. The van der Waals surface area contributed by atoms with Crippen LogP contribution in [0.3, 0.4) is 0 Å². The smallest absolute Gasteiger partial charge is 0.213 e. The van der Waals surface area contributed by atoms with E-state index in [1.165, 1.54) is 0 Å². The molecular formula is C22H22N4O2. The quantitative estimate of drug-likeness (QED) is 0.476. The van der Waals surface area contributed by atoms with E-state index in [2.05, 4.69) is 10.1 Å². The number of nitrogen functional groups attached to an aromatic ring is 1. The molecule has 28 heavy (non-hydrogen) atoms. The van der Waals surface area contributed by atoms with E-state index in [0.29, 0.717) is 24.5 Å². The highest BCUT2D eigenvalue weighted by Gasteiger charge is 2.10. The summed E-state index contributed by atoms with van der Waals surface area (Å²) in [5.74, 6) is 1.02. The van der Waals surface area contributed by atoms with E-state index >= 15 is 0 Å². The van der Waals surface area contributed by atoms with Gasteiger partial charge in [0, 0.05) is 31.4 Å². The molecule has 0 bridgehead atoms. The van der Waals surface area contributed by atoms with Gasteiger partial charge in [-0.1, -0.05) is 41.6 Å². The van der Waals surface area contributed by atoms with Crippen LogP contribution in [0.25, 0.3) is 11.3 Å². The van der Waals surface area contributed by atoms with E-state index in [4.69, 9.17) is 10.3 Å². The van der Waals surface area contributed by atoms with E-state index in [1.54, 1.807) is 17.3 Å². The van der Waals surface area contributed by atoms with Crippen LogP contribution in [-0.4, -0.2) is 21.5 Å². The Hall–Kier alpha value is -3.67. The predicted octanol–water partition coefficient (Wildman–Crippen LogP) is 3.96. The summed E-state index contributed by atoms with van der Waals surface area (Å²) in [6.45, 7) is 2.45. The van der Waals surface area contributed by atoms with Crippen LogP contribution in [0.4, 0.5) is 5.82 Å². The number of benzene rings is 1. The van der Waals surface area contributed by atoms with Crippen LogP contribution in [0.1, 0.15) is 23.7 Å². The number of carbonyl (C=O) groups excluding carboxylic acids is 1. The molecule has 0 saturated heterocycles. The maximum atomic E-state index is 11.2. The van der Waals surface area contributed by atoms with Gasteiger partial charge in [0.05, 0.1) is 11.3 Å². The summed E-state index contributed by atoms with van der Waals surface area (Å²) in [6, 6.07) is 13.6. The van der Waals surface area contributed by atoms with Gasteiger partial charge in [-0.2, -0.15) is 0 Å². The molecular weight excluding hydrogens is 352 g/mol. The second-order valence-corrected chi connectivity index (χ2v) is 6.26. The fourth-order valence-corrected chi connectivity index (χ4v) is 2.73. The summed E-state index contributed by atoms with van der Waals surface area (Å²) < 4.78 is 5.41. The first-order valence-corrected chi connectivity index (χ1v) is 8.94. The highest BCUT2D eigenvalue weighted by atomic mass is 16.5. The fourth-order valence-electron chi connectivity index (χ4n) is 2.73. The van der Waals surface area contributed by atoms with Gasteiger partial charge >= 0.3 is 0 Å². The Morgan fingerprint density at radius 3 is 2.64 bits per heavy atom. The van der Waals surface area contributed by atoms with Gasteiger partial charge in [-0.3, -0.25) is 4.79 Å². The summed E-state index contributed by atoms with van der Waals surface area (Å²) in [4.78, 5) is 16.8. The van der Waals surface area contributed by atoms with Gasteiger partial charge in [0.15, 0.2) is 5.76 Å². The number of amides is 1. The molecule has 6 heteroatoms. The summed E-state index contributed by atoms with van der Waals surface area (Å²) in [6.07, 6.45) is 10.5. The zero-order valence-electron chi connectivity index (χ0n) is 15.7. The number of hydrogen-bond donors (Lipinski definition) is 1. The van der Waals surface area contributed by atoms with Gasteiger partial charge < -0.3 is 15.2 Å². The van der Waals surface area contributed by atoms with Crippen molar-refractivity contribution in [2.24, 2.45) is 0 Å². The zero-order chi connectivity index (χ0) is 19.8. The van der Waals surface area contributed by atoms with Gasteiger partial charge in [-0.05, 0) is 36.3 Å². The van der Waals surface area contributed by atoms with Gasteiger partial charge in [-0.15, -0.1) is 0 Å². The largest absolute Gasteiger partial charge is 0.383 e. The standard InChI is InChI=1S/C22H22N4O2/c1-2-3-4-12-26(16-27)15-18-9-7-17(8-10-18)13-19-14-21(28-25-19)20-6-5-11-24-22(20)23/h2-12,14,16H,13,15H2,1H3,(H2,23,24)/b3-2-,12-4-. The highest BCUT2D eigenvalue weighted by Crippen LogP contribution is 2.25. The molecule has 0 saturated carbocycles. The van der Waals surface area contributed by atoms with Crippen LogP contribution in [-0.2, 0) is 17.8 Å². The molecule has 0 aliphatic carbocycles. The molecule has 6 nitrogen and oxygen atoms in total. The van der Waals surface area contributed by atoms with Crippen LogP contribution in [0.15, 0.2) is 77.6 Å². The number of nitrogens with two attached hydrogens (primary N) is 1. The third-order valence-electron chi connectivity index (χ3n) is 4.15. The van der Waals surface area contributed by atoms with Crippen molar-refractivity contribution >= 4 is 12.2 Å². The molecule has 1 amide bonds. The molecule has 3 aromatic rings. The van der Waals surface area contributed by atoms with E-state index in [0.717, 1.165) is 28.8 Å². The Labute approximate surface area is 164 Å². The molecule has 2 N–H and O–H groups in total. The average molecular weight is 374 g/mol. The van der Waals surface area contributed by atoms with Crippen molar-refractivity contribution in [1.82, 2.24) is 15.0 Å². The zero-order valence-corrected chi connectivity index (χ0v) is 15.7. The summed E-state index contributed by atoms with van der Waals surface area (Å²) in [5, 5.41) is 4.13. The lowest BCUT2D eigenvalue weighted by Crippen LogP contribution is -2.13. The first kappa shape index (κ1) is 19.1. The second kappa shape index (κ2) is 9.32. The maximum absolute atomic E-state index is 11.2. The van der Waals surface area contributed by atoms with Crippen LogP contribution in [0.5, 0.6) is 0 Å². The number of hydrogen-bond acceptors (Lipinski definition) is 5. The molecule has 3 rings (SSSR count). The first-order valence-electron chi connectivity index (χ1n) is 8.94. The fraction of sp³-hybridized carbons (Fsp3) is 0.136. The van der Waals surface area contributed by atoms with E-state index < -0.39 is 0 Å². The number of aromatic nitrogens is 2. The van der Waals surface area contributed by atoms with Gasteiger partial charge in [-0.25, -0.2) is 4.98 Å². The Bertz CT molecular complexity index is 974. The third-order valence-corrected chi connectivity index (χ3v) is 4.15. The minimum Gasteiger partial charge on any atom is -0.383 e. The average Bonchev–Trinajstić information content (AvgIpc) is 3.17. The summed E-state index contributed by atoms with van der Waals surface area (Å²) in [7, 11) is 0. The van der Waals surface area contributed by atoms with Crippen LogP contribution < -0.4 is 5.73 Å². The predicted molar refractivity (Wildman–Crippen MR) is 109 cm³/mol. The first-order chi connectivity index (χ1) is 13.7. The Balaban J connectivity index is 1.65. The molecule has 142 valence electrons. The lowest BCUT2D eigenvalue weighted by atomic mass is 10.1. The van der Waals surface area contributed by atoms with Crippen molar-refractivity contribution in [1.29, 1.82) is 0 Å². The number of carbonyl (C=O) groups is 1. The Kier molecular flexibility index (Phi) is 6.36. The molecule has 1 aromatic carbocycles. The normalized spacial score (nSPS) is 11.3. The van der Waals surface area contributed by atoms with Gasteiger partial charge in [0.25, 0.3) is 0 Å². The van der Waals surface area contributed by atoms with Gasteiger partial charge in [0.2, 0.25) is 6.41 Å². The van der Waals surface area contributed by atoms with E-state index in [9.17, 15) is 4.79 Å². The lowest BCUT2D eigenvalue weighted by Gasteiger charge is -2.12. The Morgan fingerprint density at radius 2 is 1.93 bits per heavy atom. The molecule has 0 aliphatic heterocycles. The topological polar surface area (TPSA) is 85.2 Å². The second-order valence-electron chi connectivity index (χ2n) is 6.26. The molecule has 0 fully saturated rings. The highest BCUT2D eigenvalue weighted by molar-refractivity contribution is 5.69. The summed E-state index contributed by atoms with van der Waals surface area (Å²) >= 11 is 0.